The Labute approximate surface area is 150 Å². The molecule has 4 aliphatic rings. The summed E-state index contributed by atoms with van der Waals surface area (Å²) in [6, 6.07) is 8.40. The summed E-state index contributed by atoms with van der Waals surface area (Å²) in [5.41, 5.74) is 2.92. The van der Waals surface area contributed by atoms with Gasteiger partial charge in [-0.25, -0.2) is 4.79 Å². The second-order valence-corrected chi connectivity index (χ2v) is 8.62. The number of benzene rings is 1. The molecule has 3 nitrogen and oxygen atoms in total. The van der Waals surface area contributed by atoms with Gasteiger partial charge in [0, 0.05) is 19.2 Å². The Morgan fingerprint density at radius 2 is 1.72 bits per heavy atom. The van der Waals surface area contributed by atoms with E-state index in [1.165, 1.54) is 63.8 Å². The van der Waals surface area contributed by atoms with Crippen molar-refractivity contribution in [2.24, 2.45) is 23.2 Å². The molecule has 0 atom stereocenters. The first-order valence-electron chi connectivity index (χ1n) is 9.70. The minimum absolute atomic E-state index is 0.318. The van der Waals surface area contributed by atoms with Crippen LogP contribution < -0.4 is 5.32 Å². The first kappa shape index (κ1) is 16.8. The zero-order valence-corrected chi connectivity index (χ0v) is 15.2. The summed E-state index contributed by atoms with van der Waals surface area (Å²) in [4.78, 5) is 11.1. The lowest BCUT2D eigenvalue weighted by Crippen LogP contribution is -2.50. The van der Waals surface area contributed by atoms with Crippen LogP contribution in [0.1, 0.15) is 49.7 Å². The number of hydrogen-bond acceptors (Lipinski definition) is 3. The van der Waals surface area contributed by atoms with E-state index in [1.54, 1.807) is 6.08 Å². The first-order valence-corrected chi connectivity index (χ1v) is 9.70. The van der Waals surface area contributed by atoms with Crippen molar-refractivity contribution in [1.82, 2.24) is 5.32 Å². The quantitative estimate of drug-likeness (QED) is 0.624. The van der Waals surface area contributed by atoms with Crippen LogP contribution in [0.5, 0.6) is 0 Å². The molecular formula is C22H29NO2. The SMILES string of the molecule is COC(=O)/C=C/c1ccc(CNCC23CC4CC(CC(C4)C2)C3)cc1. The Morgan fingerprint density at radius 3 is 2.28 bits per heavy atom. The summed E-state index contributed by atoms with van der Waals surface area (Å²) in [5.74, 6) is 2.75. The molecule has 4 aliphatic carbocycles. The number of carbonyl (C=O) groups excluding carboxylic acids is 1. The maximum absolute atomic E-state index is 11.1. The molecule has 3 heteroatoms. The molecule has 0 aliphatic heterocycles. The van der Waals surface area contributed by atoms with Crippen LogP contribution in [-0.2, 0) is 16.1 Å². The standard InChI is InChI=1S/C22H29NO2/c1-25-21(24)7-6-16-2-4-17(5-3-16)14-23-15-22-11-18-8-19(12-22)10-20(9-18)13-22/h2-7,18-20,23H,8-15H2,1H3/b7-6+. The zero-order valence-electron chi connectivity index (χ0n) is 15.2. The van der Waals surface area contributed by atoms with E-state index in [9.17, 15) is 4.79 Å². The van der Waals surface area contributed by atoms with Gasteiger partial charge in [0.05, 0.1) is 7.11 Å². The number of methoxy groups -OCH3 is 1. The summed E-state index contributed by atoms with van der Waals surface area (Å²) < 4.78 is 4.61. The smallest absolute Gasteiger partial charge is 0.330 e. The van der Waals surface area contributed by atoms with E-state index in [4.69, 9.17) is 0 Å². The molecule has 0 saturated heterocycles. The number of nitrogens with one attached hydrogen (secondary N) is 1. The molecule has 0 unspecified atom stereocenters. The molecular weight excluding hydrogens is 310 g/mol. The lowest BCUT2D eigenvalue weighted by atomic mass is 9.49. The van der Waals surface area contributed by atoms with E-state index in [-0.39, 0.29) is 5.97 Å². The lowest BCUT2D eigenvalue weighted by Gasteiger charge is -2.57. The van der Waals surface area contributed by atoms with Gasteiger partial charge in [0.15, 0.2) is 0 Å². The van der Waals surface area contributed by atoms with Crippen LogP contribution in [-0.4, -0.2) is 19.6 Å². The van der Waals surface area contributed by atoms with Crippen LogP contribution in [0, 0.1) is 23.2 Å². The Kier molecular flexibility index (Phi) is 4.68. The van der Waals surface area contributed by atoms with Gasteiger partial charge in [-0.15, -0.1) is 0 Å². The third kappa shape index (κ3) is 3.82. The van der Waals surface area contributed by atoms with Gasteiger partial charge in [0.25, 0.3) is 0 Å². The molecule has 1 aromatic carbocycles. The van der Waals surface area contributed by atoms with Crippen molar-refractivity contribution >= 4 is 12.0 Å². The van der Waals surface area contributed by atoms with Gasteiger partial charge in [-0.05, 0) is 78.9 Å². The number of carbonyl (C=O) groups is 1. The highest BCUT2D eigenvalue weighted by atomic mass is 16.5. The van der Waals surface area contributed by atoms with Crippen LogP contribution >= 0.6 is 0 Å². The molecule has 25 heavy (non-hydrogen) atoms. The molecule has 0 radical (unpaired) electrons. The Morgan fingerprint density at radius 1 is 1.12 bits per heavy atom. The molecule has 4 saturated carbocycles. The fraction of sp³-hybridized carbons (Fsp3) is 0.591. The highest BCUT2D eigenvalue weighted by molar-refractivity contribution is 5.86. The molecule has 0 amide bonds. The number of ether oxygens (including phenoxy) is 1. The van der Waals surface area contributed by atoms with E-state index >= 15 is 0 Å². The van der Waals surface area contributed by atoms with Crippen molar-refractivity contribution in [3.05, 3.63) is 41.5 Å². The van der Waals surface area contributed by atoms with E-state index in [0.717, 1.165) is 29.9 Å². The van der Waals surface area contributed by atoms with Gasteiger partial charge in [0.1, 0.15) is 0 Å². The molecule has 0 aromatic heterocycles. The molecule has 4 fully saturated rings. The third-order valence-electron chi connectivity index (χ3n) is 6.59. The minimum atomic E-state index is -0.318. The van der Waals surface area contributed by atoms with Gasteiger partial charge in [-0.2, -0.15) is 0 Å². The second-order valence-electron chi connectivity index (χ2n) is 8.62. The van der Waals surface area contributed by atoms with E-state index in [1.807, 2.05) is 0 Å². The highest BCUT2D eigenvalue weighted by Gasteiger charge is 2.50. The summed E-state index contributed by atoms with van der Waals surface area (Å²) in [7, 11) is 1.39. The maximum Gasteiger partial charge on any atom is 0.330 e. The Hall–Kier alpha value is -1.61. The van der Waals surface area contributed by atoms with Crippen molar-refractivity contribution < 1.29 is 9.53 Å². The fourth-order valence-electron chi connectivity index (χ4n) is 5.96. The van der Waals surface area contributed by atoms with Crippen molar-refractivity contribution in [3.63, 3.8) is 0 Å². The molecule has 0 heterocycles. The summed E-state index contributed by atoms with van der Waals surface area (Å²) in [5, 5.41) is 3.75. The van der Waals surface area contributed by atoms with Gasteiger partial charge in [-0.3, -0.25) is 0 Å². The molecule has 0 spiro atoms. The minimum Gasteiger partial charge on any atom is -0.466 e. The average Bonchev–Trinajstić information content (AvgIpc) is 2.59. The summed E-state index contributed by atoms with van der Waals surface area (Å²) >= 11 is 0. The van der Waals surface area contributed by atoms with Crippen molar-refractivity contribution in [2.45, 2.75) is 45.1 Å². The number of esters is 1. The summed E-state index contributed by atoms with van der Waals surface area (Å²) in [6.07, 6.45) is 12.2. The molecule has 1 N–H and O–H groups in total. The predicted molar refractivity (Wildman–Crippen MR) is 99.8 cm³/mol. The number of rotatable bonds is 6. The second kappa shape index (κ2) is 6.95. The topological polar surface area (TPSA) is 38.3 Å². The lowest BCUT2D eigenvalue weighted by molar-refractivity contribution is -0.134. The van der Waals surface area contributed by atoms with Gasteiger partial charge >= 0.3 is 5.97 Å². The van der Waals surface area contributed by atoms with E-state index < -0.39 is 0 Å². The number of hydrogen-bond donors (Lipinski definition) is 1. The molecule has 4 bridgehead atoms. The van der Waals surface area contributed by atoms with Crippen molar-refractivity contribution in [3.8, 4) is 0 Å². The van der Waals surface area contributed by atoms with Crippen LogP contribution in [0.25, 0.3) is 6.08 Å². The third-order valence-corrected chi connectivity index (χ3v) is 6.59. The Balaban J connectivity index is 1.29. The van der Waals surface area contributed by atoms with Gasteiger partial charge in [0.2, 0.25) is 0 Å². The van der Waals surface area contributed by atoms with Gasteiger partial charge in [-0.1, -0.05) is 24.3 Å². The van der Waals surface area contributed by atoms with E-state index in [0.29, 0.717) is 5.41 Å². The van der Waals surface area contributed by atoms with Crippen LogP contribution in [0.2, 0.25) is 0 Å². The summed E-state index contributed by atoms with van der Waals surface area (Å²) in [6.45, 7) is 2.11. The average molecular weight is 339 g/mol. The zero-order chi connectivity index (χ0) is 17.3. The molecule has 134 valence electrons. The molecule has 5 rings (SSSR count). The fourth-order valence-corrected chi connectivity index (χ4v) is 5.96. The largest absolute Gasteiger partial charge is 0.466 e. The van der Waals surface area contributed by atoms with E-state index in [2.05, 4.69) is 34.3 Å². The van der Waals surface area contributed by atoms with Crippen LogP contribution in [0.4, 0.5) is 0 Å². The van der Waals surface area contributed by atoms with Crippen molar-refractivity contribution in [2.75, 3.05) is 13.7 Å². The first-order chi connectivity index (χ1) is 12.1. The van der Waals surface area contributed by atoms with Crippen LogP contribution in [0.3, 0.4) is 0 Å². The predicted octanol–water partition coefficient (Wildman–Crippen LogP) is 4.18. The highest BCUT2D eigenvalue weighted by Crippen LogP contribution is 2.59. The Bertz CT molecular complexity index is 611. The monoisotopic (exact) mass is 339 g/mol. The van der Waals surface area contributed by atoms with Gasteiger partial charge < -0.3 is 10.1 Å². The van der Waals surface area contributed by atoms with Crippen LogP contribution in [0.15, 0.2) is 30.3 Å². The van der Waals surface area contributed by atoms with Crippen molar-refractivity contribution in [1.29, 1.82) is 0 Å². The normalized spacial score (nSPS) is 33.1. The molecule has 1 aromatic rings. The maximum atomic E-state index is 11.1.